The van der Waals surface area contributed by atoms with Crippen molar-refractivity contribution in [1.82, 2.24) is 0 Å². The lowest BCUT2D eigenvalue weighted by molar-refractivity contribution is -0.185. The van der Waals surface area contributed by atoms with E-state index in [1.807, 2.05) is 0 Å². The number of aliphatic hydroxyl groups is 8. The van der Waals surface area contributed by atoms with Crippen LogP contribution < -0.4 is 0 Å². The molecule has 0 rings (SSSR count). The van der Waals surface area contributed by atoms with Crippen LogP contribution in [0.2, 0.25) is 0 Å². The second-order valence-corrected chi connectivity index (χ2v) is 16.8. The number of carbonyl (C=O) groups excluding carboxylic acids is 7. The number of aliphatic hydroxyl groups excluding tert-OH is 8. The van der Waals surface area contributed by atoms with Crippen molar-refractivity contribution < 1.29 is 108 Å². The minimum absolute atomic E-state index is 0.143. The quantitative estimate of drug-likeness (QED) is 0.0278. The minimum atomic E-state index is -2.10. The Balaban J connectivity index is 6.74. The first-order valence-electron chi connectivity index (χ1n) is 18.8. The summed E-state index contributed by atoms with van der Waals surface area (Å²) < 4.78 is 37.0. The maximum Gasteiger partial charge on any atom is 0.318 e. The molecule has 0 spiro atoms. The Labute approximate surface area is 348 Å². The molecular weight excluding hydrogens is 808 g/mol. The fourth-order valence-corrected chi connectivity index (χ4v) is 3.96. The predicted octanol–water partition coefficient (Wildman–Crippen LogP) is -2.82. The molecule has 0 fully saturated rings. The van der Waals surface area contributed by atoms with Crippen LogP contribution >= 0.6 is 0 Å². The van der Waals surface area contributed by atoms with Crippen molar-refractivity contribution in [2.75, 3.05) is 99.1 Å². The van der Waals surface area contributed by atoms with E-state index in [-0.39, 0.29) is 6.61 Å². The summed E-state index contributed by atoms with van der Waals surface area (Å²) in [6, 6.07) is 0. The van der Waals surface area contributed by atoms with Crippen LogP contribution in [0.5, 0.6) is 0 Å². The summed E-state index contributed by atoms with van der Waals surface area (Å²) in [6.45, 7) is -2.75. The zero-order chi connectivity index (χ0) is 46.8. The van der Waals surface area contributed by atoms with Crippen LogP contribution in [-0.4, -0.2) is 182 Å². The number of carbonyl (C=O) groups is 7. The molecule has 8 N–H and O–H groups in total. The van der Waals surface area contributed by atoms with Gasteiger partial charge in [-0.2, -0.15) is 0 Å². The van der Waals surface area contributed by atoms with Gasteiger partial charge in [0.25, 0.3) is 0 Å². The van der Waals surface area contributed by atoms with E-state index in [1.54, 1.807) is 6.92 Å². The normalized spacial score (nSPS) is 12.9. The Morgan fingerprint density at radius 2 is 0.450 bits per heavy atom. The fraction of sp³-hybridized carbons (Fsp3) is 0.816. The number of ether oxygens (including phenoxy) is 7. The maximum atomic E-state index is 13.8. The van der Waals surface area contributed by atoms with E-state index < -0.39 is 172 Å². The van der Waals surface area contributed by atoms with E-state index in [2.05, 4.69) is 0 Å². The summed E-state index contributed by atoms with van der Waals surface area (Å²) in [5, 5.41) is 77.0. The Morgan fingerprint density at radius 1 is 0.300 bits per heavy atom. The summed E-state index contributed by atoms with van der Waals surface area (Å²) in [7, 11) is 0. The van der Waals surface area contributed by atoms with Gasteiger partial charge in [0.05, 0.1) is 59.5 Å². The molecule has 0 saturated heterocycles. The molecule has 22 nitrogen and oxygen atoms in total. The number of esters is 7. The van der Waals surface area contributed by atoms with Gasteiger partial charge in [0.2, 0.25) is 0 Å². The first kappa shape index (κ1) is 56.0. The van der Waals surface area contributed by atoms with E-state index in [0.29, 0.717) is 6.42 Å². The molecule has 0 aliphatic carbocycles. The highest BCUT2D eigenvalue weighted by Crippen LogP contribution is 2.31. The van der Waals surface area contributed by atoms with E-state index in [4.69, 9.17) is 33.2 Å². The zero-order valence-electron chi connectivity index (χ0n) is 35.6. The second kappa shape index (κ2) is 23.8. The SMILES string of the molecule is CCCOC(=O)C(C)(COC(=O)C(C)(COC(=O)C(C)(CO)CO)COC(=O)C(C)(CO)CO)COC(=O)C(C)(COC(=O)C(C)(CO)CO)COC(=O)C(C)(CO)CO. The van der Waals surface area contributed by atoms with Crippen molar-refractivity contribution in [1.29, 1.82) is 0 Å². The highest BCUT2D eigenvalue weighted by molar-refractivity contribution is 5.83. The molecule has 348 valence electrons. The molecule has 60 heavy (non-hydrogen) atoms. The topological polar surface area (TPSA) is 346 Å². The van der Waals surface area contributed by atoms with Crippen molar-refractivity contribution in [3.63, 3.8) is 0 Å². The Morgan fingerprint density at radius 3 is 0.600 bits per heavy atom. The second-order valence-electron chi connectivity index (χ2n) is 16.8. The zero-order valence-corrected chi connectivity index (χ0v) is 35.6. The highest BCUT2D eigenvalue weighted by atomic mass is 16.6. The van der Waals surface area contributed by atoms with Crippen LogP contribution in [-0.2, 0) is 66.7 Å². The number of hydrogen-bond acceptors (Lipinski definition) is 22. The average Bonchev–Trinajstić information content (AvgIpc) is 3.26. The van der Waals surface area contributed by atoms with Crippen molar-refractivity contribution in [3.05, 3.63) is 0 Å². The van der Waals surface area contributed by atoms with Gasteiger partial charge in [0.15, 0.2) is 0 Å². The van der Waals surface area contributed by atoms with Gasteiger partial charge in [-0.25, -0.2) is 0 Å². The van der Waals surface area contributed by atoms with E-state index >= 15 is 0 Å². The molecule has 0 amide bonds. The number of hydrogen-bond donors (Lipinski definition) is 8. The monoisotopic (exact) mass is 872 g/mol. The molecule has 0 saturated carbocycles. The molecule has 0 bridgehead atoms. The molecule has 0 heterocycles. The van der Waals surface area contributed by atoms with Crippen LogP contribution in [0.3, 0.4) is 0 Å². The molecule has 0 aromatic rings. The first-order chi connectivity index (χ1) is 27.7. The molecular formula is C38H64O22. The molecule has 0 atom stereocenters. The Hall–Kier alpha value is -4.03. The van der Waals surface area contributed by atoms with Gasteiger partial charge in [0, 0.05) is 0 Å². The van der Waals surface area contributed by atoms with Gasteiger partial charge in [-0.15, -0.1) is 0 Å². The van der Waals surface area contributed by atoms with Crippen molar-refractivity contribution in [3.8, 4) is 0 Å². The first-order valence-corrected chi connectivity index (χ1v) is 18.8. The minimum Gasteiger partial charge on any atom is -0.465 e. The molecule has 0 unspecified atom stereocenters. The van der Waals surface area contributed by atoms with Crippen molar-refractivity contribution in [2.24, 2.45) is 37.9 Å². The van der Waals surface area contributed by atoms with Crippen molar-refractivity contribution in [2.45, 2.75) is 61.8 Å². The lowest BCUT2D eigenvalue weighted by Crippen LogP contribution is -2.48. The van der Waals surface area contributed by atoms with Crippen LogP contribution in [0.1, 0.15) is 61.8 Å². The van der Waals surface area contributed by atoms with Crippen LogP contribution in [0.15, 0.2) is 0 Å². The van der Waals surface area contributed by atoms with Crippen LogP contribution in [0.4, 0.5) is 0 Å². The summed E-state index contributed by atoms with van der Waals surface area (Å²) in [5.41, 5.74) is -13.5. The van der Waals surface area contributed by atoms with Gasteiger partial charge in [-0.3, -0.25) is 33.6 Å². The molecule has 0 aliphatic heterocycles. The van der Waals surface area contributed by atoms with Gasteiger partial charge in [-0.05, 0) is 54.9 Å². The van der Waals surface area contributed by atoms with Gasteiger partial charge in [-0.1, -0.05) is 6.92 Å². The lowest BCUT2D eigenvalue weighted by atomic mass is 9.89. The van der Waals surface area contributed by atoms with E-state index in [0.717, 1.165) is 41.5 Å². The molecule has 0 aromatic heterocycles. The summed E-state index contributed by atoms with van der Waals surface area (Å²) in [4.78, 5) is 92.1. The molecule has 0 aliphatic rings. The van der Waals surface area contributed by atoms with E-state index in [9.17, 15) is 74.4 Å². The third-order valence-electron chi connectivity index (χ3n) is 9.81. The Kier molecular flexibility index (Phi) is 22.2. The third-order valence-corrected chi connectivity index (χ3v) is 9.81. The van der Waals surface area contributed by atoms with Gasteiger partial charge in [0.1, 0.15) is 77.5 Å². The molecule has 22 heteroatoms. The van der Waals surface area contributed by atoms with Gasteiger partial charge >= 0.3 is 41.8 Å². The lowest BCUT2D eigenvalue weighted by Gasteiger charge is -2.33. The summed E-state index contributed by atoms with van der Waals surface area (Å²) >= 11 is 0. The summed E-state index contributed by atoms with van der Waals surface area (Å²) in [6.07, 6.45) is 0.327. The van der Waals surface area contributed by atoms with Gasteiger partial charge < -0.3 is 74.0 Å². The smallest absolute Gasteiger partial charge is 0.318 e. The fourth-order valence-electron chi connectivity index (χ4n) is 3.96. The van der Waals surface area contributed by atoms with Crippen LogP contribution in [0, 0.1) is 37.9 Å². The number of rotatable bonds is 29. The predicted molar refractivity (Wildman–Crippen MR) is 200 cm³/mol. The highest BCUT2D eigenvalue weighted by Gasteiger charge is 2.48. The molecule has 0 radical (unpaired) electrons. The Bertz CT molecular complexity index is 1280. The van der Waals surface area contributed by atoms with Crippen molar-refractivity contribution >= 4 is 41.8 Å². The van der Waals surface area contributed by atoms with Crippen LogP contribution in [0.25, 0.3) is 0 Å². The summed E-state index contributed by atoms with van der Waals surface area (Å²) in [5.74, 6) is -8.27. The standard InChI is InChI=1S/C38H64O22/c1-9-10-54-29(51)36(6,19-59-30(52)37(7,21-55-25(47)32(2,11-39)12-40)22-56-26(48)33(3,13-41)14-42)20-60-31(53)38(8,23-57-27(49)34(4,15-43)16-44)24-58-28(50)35(5,17-45)18-46/h39-46H,9-24H2,1-8H3. The molecule has 0 aromatic carbocycles. The third kappa shape index (κ3) is 14.6. The average molecular weight is 873 g/mol. The van der Waals surface area contributed by atoms with E-state index in [1.165, 1.54) is 6.92 Å². The maximum absolute atomic E-state index is 13.8. The largest absolute Gasteiger partial charge is 0.465 e.